The summed E-state index contributed by atoms with van der Waals surface area (Å²) in [7, 11) is 1.59. The van der Waals surface area contributed by atoms with Gasteiger partial charge in [-0.2, -0.15) is 13.2 Å². The number of alkyl halides is 3. The molecule has 1 N–H and O–H groups in total. The van der Waals surface area contributed by atoms with Gasteiger partial charge in [-0.3, -0.25) is 4.98 Å². The van der Waals surface area contributed by atoms with Gasteiger partial charge in [0.2, 0.25) is 0 Å². The molecule has 0 aliphatic rings. The number of aromatic nitrogens is 1. The minimum absolute atomic E-state index is 0.0556. The minimum Gasteiger partial charge on any atom is -0.309 e. The minimum atomic E-state index is -4.44. The quantitative estimate of drug-likeness (QED) is 0.910. The first-order valence-electron chi connectivity index (χ1n) is 6.29. The van der Waals surface area contributed by atoms with Gasteiger partial charge in [0.05, 0.1) is 11.6 Å². The molecule has 1 heterocycles. The zero-order chi connectivity index (χ0) is 15.6. The van der Waals surface area contributed by atoms with Gasteiger partial charge in [-0.25, -0.2) is 0 Å². The van der Waals surface area contributed by atoms with E-state index in [-0.39, 0.29) is 5.56 Å². The first kappa shape index (κ1) is 15.8. The van der Waals surface area contributed by atoms with Crippen molar-refractivity contribution in [1.29, 1.82) is 0 Å². The van der Waals surface area contributed by atoms with Crippen LogP contribution in [0.2, 0.25) is 5.02 Å². The molecule has 1 atom stereocenters. The van der Waals surface area contributed by atoms with E-state index < -0.39 is 17.8 Å². The van der Waals surface area contributed by atoms with Gasteiger partial charge in [0.15, 0.2) is 0 Å². The van der Waals surface area contributed by atoms with Crippen LogP contribution < -0.4 is 5.32 Å². The number of nitrogens with zero attached hydrogens (tertiary/aromatic N) is 1. The van der Waals surface area contributed by atoms with Crippen LogP contribution in [0.1, 0.15) is 28.3 Å². The predicted molar refractivity (Wildman–Crippen MR) is 76.3 cm³/mol. The maximum absolute atomic E-state index is 13.2. The second-order valence-electron chi connectivity index (χ2n) is 4.66. The number of halogens is 4. The van der Waals surface area contributed by atoms with E-state index in [1.807, 2.05) is 13.0 Å². The molecule has 0 spiro atoms. The average molecular weight is 315 g/mol. The van der Waals surface area contributed by atoms with Crippen molar-refractivity contribution in [3.05, 3.63) is 63.9 Å². The van der Waals surface area contributed by atoms with Gasteiger partial charge >= 0.3 is 6.18 Å². The summed E-state index contributed by atoms with van der Waals surface area (Å²) >= 11 is 6.24. The predicted octanol–water partition coefficient (Wildman–Crippen LogP) is 4.37. The van der Waals surface area contributed by atoms with E-state index in [2.05, 4.69) is 10.3 Å². The smallest absolute Gasteiger partial charge is 0.309 e. The Kier molecular flexibility index (Phi) is 4.54. The molecule has 0 saturated heterocycles. The van der Waals surface area contributed by atoms with E-state index in [0.717, 1.165) is 17.8 Å². The molecule has 0 saturated carbocycles. The zero-order valence-corrected chi connectivity index (χ0v) is 12.3. The van der Waals surface area contributed by atoms with Gasteiger partial charge < -0.3 is 5.32 Å². The standard InChI is InChI=1S/C15H14ClF3N2/c1-9-4-3-5-10(13(9)16)14(20-2)11-8-21-7-6-12(11)15(17,18)19/h3-8,14,20H,1-2H3. The highest BCUT2D eigenvalue weighted by Crippen LogP contribution is 2.38. The molecule has 0 aliphatic heterocycles. The fraction of sp³-hybridized carbons (Fsp3) is 0.267. The molecule has 6 heteroatoms. The lowest BCUT2D eigenvalue weighted by Crippen LogP contribution is -2.22. The van der Waals surface area contributed by atoms with E-state index in [9.17, 15) is 13.2 Å². The van der Waals surface area contributed by atoms with Crippen LogP contribution in [0.5, 0.6) is 0 Å². The Balaban J connectivity index is 2.60. The van der Waals surface area contributed by atoms with Crippen molar-refractivity contribution < 1.29 is 13.2 Å². The van der Waals surface area contributed by atoms with Gasteiger partial charge in [0, 0.05) is 23.0 Å². The first-order chi connectivity index (χ1) is 9.86. The van der Waals surface area contributed by atoms with Gasteiger partial charge in [-0.05, 0) is 31.2 Å². The zero-order valence-electron chi connectivity index (χ0n) is 11.5. The molecule has 2 rings (SSSR count). The first-order valence-corrected chi connectivity index (χ1v) is 6.67. The Morgan fingerprint density at radius 2 is 1.90 bits per heavy atom. The van der Waals surface area contributed by atoms with Crippen molar-refractivity contribution in [2.75, 3.05) is 7.05 Å². The van der Waals surface area contributed by atoms with Gasteiger partial charge in [0.1, 0.15) is 0 Å². The highest BCUT2D eigenvalue weighted by atomic mass is 35.5. The number of aryl methyl sites for hydroxylation is 1. The maximum Gasteiger partial charge on any atom is 0.416 e. The number of hydrogen-bond acceptors (Lipinski definition) is 2. The topological polar surface area (TPSA) is 24.9 Å². The van der Waals surface area contributed by atoms with E-state index in [1.54, 1.807) is 19.2 Å². The highest BCUT2D eigenvalue weighted by molar-refractivity contribution is 6.32. The summed E-state index contributed by atoms with van der Waals surface area (Å²) < 4.78 is 39.5. The average Bonchev–Trinajstić information content (AvgIpc) is 2.44. The van der Waals surface area contributed by atoms with Crippen molar-refractivity contribution in [3.63, 3.8) is 0 Å². The van der Waals surface area contributed by atoms with E-state index in [1.165, 1.54) is 6.20 Å². The van der Waals surface area contributed by atoms with Crippen molar-refractivity contribution >= 4 is 11.6 Å². The van der Waals surface area contributed by atoms with Crippen molar-refractivity contribution in [1.82, 2.24) is 10.3 Å². The molecule has 0 fully saturated rings. The van der Waals surface area contributed by atoms with E-state index in [0.29, 0.717) is 10.6 Å². The van der Waals surface area contributed by atoms with Crippen LogP contribution in [0.4, 0.5) is 13.2 Å². The lowest BCUT2D eigenvalue weighted by Gasteiger charge is -2.22. The molecule has 1 aromatic carbocycles. The highest BCUT2D eigenvalue weighted by Gasteiger charge is 2.35. The lowest BCUT2D eigenvalue weighted by molar-refractivity contribution is -0.138. The Morgan fingerprint density at radius 1 is 1.19 bits per heavy atom. The number of benzene rings is 1. The number of hydrogen-bond donors (Lipinski definition) is 1. The molecule has 0 radical (unpaired) electrons. The van der Waals surface area contributed by atoms with Crippen LogP contribution in [0.25, 0.3) is 0 Å². The Labute approximate surface area is 126 Å². The monoisotopic (exact) mass is 314 g/mol. The van der Waals surface area contributed by atoms with Crippen LogP contribution in [-0.2, 0) is 6.18 Å². The largest absolute Gasteiger partial charge is 0.416 e. The molecule has 2 aromatic rings. The van der Waals surface area contributed by atoms with Crippen LogP contribution in [0.3, 0.4) is 0 Å². The number of pyridine rings is 1. The summed E-state index contributed by atoms with van der Waals surface area (Å²) in [5, 5.41) is 3.34. The van der Waals surface area contributed by atoms with E-state index >= 15 is 0 Å². The van der Waals surface area contributed by atoms with Gasteiger partial charge in [-0.15, -0.1) is 0 Å². The number of nitrogens with one attached hydrogen (secondary N) is 1. The normalized spacial score (nSPS) is 13.2. The summed E-state index contributed by atoms with van der Waals surface area (Å²) in [5.41, 5.74) is 0.749. The fourth-order valence-electron chi connectivity index (χ4n) is 2.27. The van der Waals surface area contributed by atoms with Crippen LogP contribution >= 0.6 is 11.6 Å². The van der Waals surface area contributed by atoms with Crippen molar-refractivity contribution in [2.45, 2.75) is 19.1 Å². The molecular weight excluding hydrogens is 301 g/mol. The third-order valence-corrected chi connectivity index (χ3v) is 3.81. The molecule has 112 valence electrons. The second-order valence-corrected chi connectivity index (χ2v) is 5.04. The Bertz CT molecular complexity index is 641. The maximum atomic E-state index is 13.2. The SMILES string of the molecule is CNC(c1cnccc1C(F)(F)F)c1cccc(C)c1Cl. The summed E-state index contributed by atoms with van der Waals surface area (Å²) in [5.74, 6) is 0. The molecule has 0 amide bonds. The summed E-state index contributed by atoms with van der Waals surface area (Å²) in [4.78, 5) is 3.82. The molecule has 1 aromatic heterocycles. The summed E-state index contributed by atoms with van der Waals surface area (Å²) in [6.07, 6.45) is -2.08. The third kappa shape index (κ3) is 3.19. The lowest BCUT2D eigenvalue weighted by atomic mass is 9.95. The third-order valence-electron chi connectivity index (χ3n) is 3.29. The summed E-state index contributed by atoms with van der Waals surface area (Å²) in [6.45, 7) is 1.81. The van der Waals surface area contributed by atoms with Crippen LogP contribution in [0.15, 0.2) is 36.7 Å². The molecule has 1 unspecified atom stereocenters. The molecule has 0 aliphatic carbocycles. The van der Waals surface area contributed by atoms with Crippen LogP contribution in [-0.4, -0.2) is 12.0 Å². The Hall–Kier alpha value is -1.59. The van der Waals surface area contributed by atoms with Crippen molar-refractivity contribution in [3.8, 4) is 0 Å². The number of rotatable bonds is 3. The molecule has 0 bridgehead atoms. The fourth-order valence-corrected chi connectivity index (χ4v) is 2.50. The molecular formula is C15H14ClF3N2. The molecule has 21 heavy (non-hydrogen) atoms. The Morgan fingerprint density at radius 3 is 2.52 bits per heavy atom. The second kappa shape index (κ2) is 6.03. The summed E-state index contributed by atoms with van der Waals surface area (Å²) in [6, 6.07) is 5.59. The van der Waals surface area contributed by atoms with Gasteiger partial charge in [-0.1, -0.05) is 29.8 Å². The van der Waals surface area contributed by atoms with E-state index in [4.69, 9.17) is 11.6 Å². The molecule has 2 nitrogen and oxygen atoms in total. The van der Waals surface area contributed by atoms with Gasteiger partial charge in [0.25, 0.3) is 0 Å². The van der Waals surface area contributed by atoms with Crippen LogP contribution in [0, 0.1) is 6.92 Å². The van der Waals surface area contributed by atoms with Crippen molar-refractivity contribution in [2.24, 2.45) is 0 Å².